The summed E-state index contributed by atoms with van der Waals surface area (Å²) in [5, 5.41) is 13.5. The number of anilines is 1. The molecule has 4 rings (SSSR count). The van der Waals surface area contributed by atoms with Crippen molar-refractivity contribution >= 4 is 28.8 Å². The highest BCUT2D eigenvalue weighted by Crippen LogP contribution is 2.44. The van der Waals surface area contributed by atoms with Crippen molar-refractivity contribution in [2.75, 3.05) is 24.5 Å². The van der Waals surface area contributed by atoms with E-state index in [1.807, 2.05) is 24.3 Å². The molecule has 0 amide bonds. The molecule has 0 saturated carbocycles. The molecule has 1 fully saturated rings. The zero-order valence-electron chi connectivity index (χ0n) is 18.3. The second-order valence-electron chi connectivity index (χ2n) is 9.54. The molecule has 2 aromatic rings. The molecule has 1 unspecified atom stereocenters. The lowest BCUT2D eigenvalue weighted by Gasteiger charge is -2.41. The average molecular weight is 439 g/mol. The number of carbonyl (C=O) groups is 1. The lowest BCUT2D eigenvalue weighted by molar-refractivity contribution is 0.0697. The summed E-state index contributed by atoms with van der Waals surface area (Å²) in [5.74, 6) is -0.883. The monoisotopic (exact) mass is 438 g/mol. The third-order valence-corrected chi connectivity index (χ3v) is 6.91. The minimum atomic E-state index is -0.883. The summed E-state index contributed by atoms with van der Waals surface area (Å²) in [5.41, 5.74) is 6.03. The molecule has 2 aliphatic rings. The van der Waals surface area contributed by atoms with Crippen molar-refractivity contribution in [2.24, 2.45) is 5.41 Å². The highest BCUT2D eigenvalue weighted by atomic mass is 35.5. The van der Waals surface area contributed by atoms with Gasteiger partial charge in [0.25, 0.3) is 0 Å². The summed E-state index contributed by atoms with van der Waals surface area (Å²) in [4.78, 5) is 13.7. The van der Waals surface area contributed by atoms with Gasteiger partial charge >= 0.3 is 5.97 Å². The minimum absolute atomic E-state index is 0.301. The van der Waals surface area contributed by atoms with Gasteiger partial charge in [-0.1, -0.05) is 43.2 Å². The summed E-state index contributed by atoms with van der Waals surface area (Å²) in [6.45, 7) is 7.51. The number of benzene rings is 2. The largest absolute Gasteiger partial charge is 0.478 e. The Labute approximate surface area is 189 Å². The molecule has 2 N–H and O–H groups in total. The molecule has 0 radical (unpaired) electrons. The molecular weight excluding hydrogens is 408 g/mol. The molecule has 1 heterocycles. The highest BCUT2D eigenvalue weighted by Gasteiger charge is 2.31. The van der Waals surface area contributed by atoms with Crippen LogP contribution in [0.2, 0.25) is 5.02 Å². The molecule has 0 aromatic heterocycles. The molecule has 0 spiro atoms. The van der Waals surface area contributed by atoms with E-state index in [4.69, 9.17) is 11.6 Å². The van der Waals surface area contributed by atoms with Crippen LogP contribution in [0, 0.1) is 5.41 Å². The van der Waals surface area contributed by atoms with Gasteiger partial charge in [0.2, 0.25) is 0 Å². The number of rotatable bonds is 5. The van der Waals surface area contributed by atoms with Crippen molar-refractivity contribution in [3.63, 3.8) is 0 Å². The first kappa shape index (κ1) is 21.9. The van der Waals surface area contributed by atoms with Gasteiger partial charge in [0, 0.05) is 36.4 Å². The first-order valence-electron chi connectivity index (χ1n) is 11.1. The van der Waals surface area contributed by atoms with Crippen molar-refractivity contribution < 1.29 is 9.90 Å². The van der Waals surface area contributed by atoms with Crippen LogP contribution in [0.5, 0.6) is 0 Å². The minimum Gasteiger partial charge on any atom is -0.478 e. The van der Waals surface area contributed by atoms with Crippen LogP contribution in [0.1, 0.15) is 55.5 Å². The quantitative estimate of drug-likeness (QED) is 0.612. The maximum atomic E-state index is 11.2. The highest BCUT2D eigenvalue weighted by molar-refractivity contribution is 6.30. The normalized spacial score (nSPS) is 21.3. The molecule has 1 aliphatic heterocycles. The Hall–Kier alpha value is -2.30. The fourth-order valence-corrected chi connectivity index (χ4v) is 5.00. The predicted octanol–water partition coefficient (Wildman–Crippen LogP) is 5.87. The van der Waals surface area contributed by atoms with E-state index >= 15 is 0 Å². The Bertz CT molecular complexity index is 964. The Morgan fingerprint density at radius 2 is 1.87 bits per heavy atom. The number of nitrogens with one attached hydrogen (secondary N) is 1. The second kappa shape index (κ2) is 9.05. The van der Waals surface area contributed by atoms with Crippen LogP contribution < -0.4 is 10.2 Å². The van der Waals surface area contributed by atoms with Crippen LogP contribution in [-0.2, 0) is 0 Å². The van der Waals surface area contributed by atoms with E-state index in [2.05, 4.69) is 36.2 Å². The number of aromatic carboxylic acids is 1. The maximum Gasteiger partial charge on any atom is 0.335 e. The average Bonchev–Trinajstić information content (AvgIpc) is 2.76. The van der Waals surface area contributed by atoms with Crippen molar-refractivity contribution in [3.8, 4) is 0 Å². The van der Waals surface area contributed by atoms with Gasteiger partial charge in [-0.15, -0.1) is 0 Å². The van der Waals surface area contributed by atoms with Gasteiger partial charge in [0.15, 0.2) is 0 Å². The van der Waals surface area contributed by atoms with Gasteiger partial charge in [0.05, 0.1) is 5.56 Å². The third kappa shape index (κ3) is 5.13. The Balaban J connectivity index is 1.63. The van der Waals surface area contributed by atoms with Crippen LogP contribution in [0.4, 0.5) is 5.69 Å². The number of carboxylic acids is 1. The van der Waals surface area contributed by atoms with Crippen LogP contribution in [0.15, 0.2) is 54.1 Å². The molecule has 1 atom stereocenters. The molecule has 4 nitrogen and oxygen atoms in total. The maximum absolute atomic E-state index is 11.2. The number of carboxylic acid groups (broad SMARTS) is 1. The van der Waals surface area contributed by atoms with Gasteiger partial charge in [-0.3, -0.25) is 0 Å². The fraction of sp³-hybridized carbons (Fsp3) is 0.423. The van der Waals surface area contributed by atoms with E-state index in [-0.39, 0.29) is 0 Å². The zero-order chi connectivity index (χ0) is 22.0. The van der Waals surface area contributed by atoms with Gasteiger partial charge < -0.3 is 15.3 Å². The summed E-state index contributed by atoms with van der Waals surface area (Å²) >= 11 is 6.15. The summed E-state index contributed by atoms with van der Waals surface area (Å²) in [7, 11) is 0. The van der Waals surface area contributed by atoms with Crippen molar-refractivity contribution in [1.29, 1.82) is 0 Å². The number of halogens is 1. The van der Waals surface area contributed by atoms with Gasteiger partial charge in [-0.05, 0) is 78.6 Å². The van der Waals surface area contributed by atoms with Gasteiger partial charge in [-0.25, -0.2) is 4.79 Å². The first-order valence-corrected chi connectivity index (χ1v) is 11.5. The molecule has 0 bridgehead atoms. The van der Waals surface area contributed by atoms with Crippen molar-refractivity contribution in [3.05, 3.63) is 70.3 Å². The standard InChI is InChI=1S/C26H31ClN2O2/c1-26(2)12-11-20(24(16-26)18-3-7-21(27)8-4-18)15-23-17-28-13-14-29(23)22-9-5-19(6-10-22)25(30)31/h3-10,23,28H,11-17H2,1-2H3,(H,30,31). The second-order valence-corrected chi connectivity index (χ2v) is 9.97. The lowest BCUT2D eigenvalue weighted by Crippen LogP contribution is -2.51. The zero-order valence-corrected chi connectivity index (χ0v) is 19.1. The van der Waals surface area contributed by atoms with E-state index in [0.717, 1.165) is 49.6 Å². The van der Waals surface area contributed by atoms with E-state index in [0.29, 0.717) is 17.0 Å². The van der Waals surface area contributed by atoms with Crippen LogP contribution in [0.25, 0.3) is 5.57 Å². The van der Waals surface area contributed by atoms with Gasteiger partial charge in [0.1, 0.15) is 0 Å². The van der Waals surface area contributed by atoms with E-state index in [1.165, 1.54) is 17.6 Å². The van der Waals surface area contributed by atoms with E-state index < -0.39 is 5.97 Å². The summed E-state index contributed by atoms with van der Waals surface area (Å²) in [6.07, 6.45) is 4.42. The number of hydrogen-bond donors (Lipinski definition) is 2. The number of nitrogens with zero attached hydrogens (tertiary/aromatic N) is 1. The molecule has 31 heavy (non-hydrogen) atoms. The van der Waals surface area contributed by atoms with E-state index in [1.54, 1.807) is 17.7 Å². The molecule has 2 aromatic carbocycles. The fourth-order valence-electron chi connectivity index (χ4n) is 4.88. The number of piperazine rings is 1. The summed E-state index contributed by atoms with van der Waals surface area (Å²) in [6, 6.07) is 15.9. The van der Waals surface area contributed by atoms with Crippen LogP contribution in [0.3, 0.4) is 0 Å². The van der Waals surface area contributed by atoms with Crippen LogP contribution >= 0.6 is 11.6 Å². The van der Waals surface area contributed by atoms with Crippen molar-refractivity contribution in [2.45, 2.75) is 45.6 Å². The third-order valence-electron chi connectivity index (χ3n) is 6.66. The Kier molecular flexibility index (Phi) is 6.40. The molecule has 5 heteroatoms. The van der Waals surface area contributed by atoms with Crippen molar-refractivity contribution in [1.82, 2.24) is 5.32 Å². The SMILES string of the molecule is CC1(C)CCC(CC2CNCCN2c2ccc(C(=O)O)cc2)=C(c2ccc(Cl)cc2)C1. The molecule has 164 valence electrons. The molecule has 1 aliphatic carbocycles. The smallest absolute Gasteiger partial charge is 0.335 e. The molecule has 1 saturated heterocycles. The Morgan fingerprint density at radius 1 is 1.16 bits per heavy atom. The lowest BCUT2D eigenvalue weighted by atomic mass is 9.71. The molecular formula is C26H31ClN2O2. The topological polar surface area (TPSA) is 52.6 Å². The Morgan fingerprint density at radius 3 is 2.55 bits per heavy atom. The van der Waals surface area contributed by atoms with Gasteiger partial charge in [-0.2, -0.15) is 0 Å². The predicted molar refractivity (Wildman–Crippen MR) is 128 cm³/mol. The van der Waals surface area contributed by atoms with Crippen LogP contribution in [-0.4, -0.2) is 36.8 Å². The first-order chi connectivity index (χ1) is 14.8. The van der Waals surface area contributed by atoms with E-state index in [9.17, 15) is 9.90 Å². The number of allylic oxidation sites excluding steroid dienone is 1. The summed E-state index contributed by atoms with van der Waals surface area (Å²) < 4.78 is 0. The number of hydrogen-bond acceptors (Lipinski definition) is 3.